The second kappa shape index (κ2) is 5.06. The van der Waals surface area contributed by atoms with Crippen LogP contribution in [-0.4, -0.2) is 16.9 Å². The zero-order valence-electron chi connectivity index (χ0n) is 10.8. The smallest absolute Gasteiger partial charge is 0.336 e. The van der Waals surface area contributed by atoms with E-state index in [1.165, 1.54) is 6.92 Å². The van der Waals surface area contributed by atoms with Crippen molar-refractivity contribution in [2.75, 3.05) is 0 Å². The van der Waals surface area contributed by atoms with Crippen molar-refractivity contribution in [1.29, 1.82) is 0 Å². The lowest BCUT2D eigenvalue weighted by atomic mass is 9.95. The fourth-order valence-corrected chi connectivity index (χ4v) is 2.08. The Bertz CT molecular complexity index is 640. The van der Waals surface area contributed by atoms with E-state index in [0.717, 1.165) is 11.1 Å². The minimum atomic E-state index is -0.941. The van der Waals surface area contributed by atoms with E-state index in [9.17, 15) is 14.7 Å². The Labute approximate surface area is 111 Å². The third-order valence-corrected chi connectivity index (χ3v) is 3.09. The Balaban J connectivity index is 2.56. The van der Waals surface area contributed by atoms with Gasteiger partial charge in [0.2, 0.25) is 0 Å². The standard InChI is InChI=1S/C16H14O3/c1-10-4-3-5-14(15(10)16(18)19)13-8-6-12(7-9-13)11(2)17/h3-9H,1-2H3,(H,18,19). The molecule has 0 saturated carbocycles. The molecule has 2 rings (SSSR count). The lowest BCUT2D eigenvalue weighted by Crippen LogP contribution is -2.02. The summed E-state index contributed by atoms with van der Waals surface area (Å²) in [5, 5.41) is 9.30. The average molecular weight is 254 g/mol. The molecule has 2 aromatic rings. The molecule has 0 spiro atoms. The Morgan fingerprint density at radius 2 is 1.63 bits per heavy atom. The Hall–Kier alpha value is -2.42. The van der Waals surface area contributed by atoms with Crippen LogP contribution < -0.4 is 0 Å². The highest BCUT2D eigenvalue weighted by Crippen LogP contribution is 2.26. The number of carboxylic acids is 1. The van der Waals surface area contributed by atoms with Crippen molar-refractivity contribution in [1.82, 2.24) is 0 Å². The van der Waals surface area contributed by atoms with Crippen LogP contribution in [0.2, 0.25) is 0 Å². The summed E-state index contributed by atoms with van der Waals surface area (Å²) in [4.78, 5) is 22.6. The van der Waals surface area contributed by atoms with E-state index in [4.69, 9.17) is 0 Å². The maximum atomic E-state index is 11.3. The first kappa shape index (κ1) is 13.0. The van der Waals surface area contributed by atoms with Gasteiger partial charge in [-0.05, 0) is 30.5 Å². The van der Waals surface area contributed by atoms with Gasteiger partial charge in [0.1, 0.15) is 0 Å². The molecule has 0 aromatic heterocycles. The minimum Gasteiger partial charge on any atom is -0.478 e. The molecule has 0 atom stereocenters. The molecule has 0 unspecified atom stereocenters. The van der Waals surface area contributed by atoms with Crippen LogP contribution >= 0.6 is 0 Å². The van der Waals surface area contributed by atoms with Gasteiger partial charge in [0.15, 0.2) is 5.78 Å². The van der Waals surface area contributed by atoms with Gasteiger partial charge in [-0.15, -0.1) is 0 Å². The maximum Gasteiger partial charge on any atom is 0.336 e. The Morgan fingerprint density at radius 3 is 2.16 bits per heavy atom. The number of Topliss-reactive ketones (excluding diaryl/α,β-unsaturated/α-hetero) is 1. The molecule has 0 radical (unpaired) electrons. The van der Waals surface area contributed by atoms with E-state index in [1.807, 2.05) is 6.07 Å². The number of aromatic carboxylic acids is 1. The van der Waals surface area contributed by atoms with E-state index in [2.05, 4.69) is 0 Å². The lowest BCUT2D eigenvalue weighted by Gasteiger charge is -2.09. The largest absolute Gasteiger partial charge is 0.478 e. The summed E-state index contributed by atoms with van der Waals surface area (Å²) in [5.41, 5.74) is 3.11. The van der Waals surface area contributed by atoms with Crippen molar-refractivity contribution in [3.63, 3.8) is 0 Å². The summed E-state index contributed by atoms with van der Waals surface area (Å²) < 4.78 is 0. The summed E-state index contributed by atoms with van der Waals surface area (Å²) in [5.74, 6) is -0.946. The Kier molecular flexibility index (Phi) is 3.47. The summed E-state index contributed by atoms with van der Waals surface area (Å²) in [6.45, 7) is 3.28. The van der Waals surface area contributed by atoms with E-state index in [-0.39, 0.29) is 5.78 Å². The number of rotatable bonds is 3. The molecule has 3 heteroatoms. The predicted molar refractivity (Wildman–Crippen MR) is 73.6 cm³/mol. The highest BCUT2D eigenvalue weighted by molar-refractivity contribution is 5.98. The summed E-state index contributed by atoms with van der Waals surface area (Å²) in [6.07, 6.45) is 0. The first-order valence-electron chi connectivity index (χ1n) is 5.95. The molecule has 0 aliphatic rings. The van der Waals surface area contributed by atoms with Crippen molar-refractivity contribution < 1.29 is 14.7 Å². The summed E-state index contributed by atoms with van der Waals surface area (Å²) in [7, 11) is 0. The van der Waals surface area contributed by atoms with E-state index in [1.54, 1.807) is 43.3 Å². The first-order chi connectivity index (χ1) is 9.00. The molecule has 2 aromatic carbocycles. The third-order valence-electron chi connectivity index (χ3n) is 3.09. The molecule has 0 aliphatic carbocycles. The van der Waals surface area contributed by atoms with Crippen LogP contribution in [0.3, 0.4) is 0 Å². The van der Waals surface area contributed by atoms with Crippen LogP contribution in [0.4, 0.5) is 0 Å². The quantitative estimate of drug-likeness (QED) is 0.852. The van der Waals surface area contributed by atoms with E-state index < -0.39 is 5.97 Å². The molecule has 0 heterocycles. The second-order valence-corrected chi connectivity index (χ2v) is 4.44. The van der Waals surface area contributed by atoms with Crippen LogP contribution in [0.25, 0.3) is 11.1 Å². The fraction of sp³-hybridized carbons (Fsp3) is 0.125. The van der Waals surface area contributed by atoms with E-state index in [0.29, 0.717) is 16.7 Å². The van der Waals surface area contributed by atoms with Crippen LogP contribution in [0.5, 0.6) is 0 Å². The summed E-state index contributed by atoms with van der Waals surface area (Å²) >= 11 is 0. The van der Waals surface area contributed by atoms with Crippen LogP contribution in [-0.2, 0) is 0 Å². The highest BCUT2D eigenvalue weighted by Gasteiger charge is 2.14. The number of aryl methyl sites for hydroxylation is 1. The normalized spacial score (nSPS) is 10.2. The van der Waals surface area contributed by atoms with Crippen molar-refractivity contribution in [2.24, 2.45) is 0 Å². The van der Waals surface area contributed by atoms with Crippen molar-refractivity contribution in [2.45, 2.75) is 13.8 Å². The lowest BCUT2D eigenvalue weighted by molar-refractivity contribution is 0.0696. The number of carbonyl (C=O) groups excluding carboxylic acids is 1. The zero-order valence-corrected chi connectivity index (χ0v) is 10.8. The third kappa shape index (κ3) is 2.55. The monoisotopic (exact) mass is 254 g/mol. The molecule has 0 amide bonds. The fourth-order valence-electron chi connectivity index (χ4n) is 2.08. The number of carbonyl (C=O) groups is 2. The SMILES string of the molecule is CC(=O)c1ccc(-c2cccc(C)c2C(=O)O)cc1. The van der Waals surface area contributed by atoms with Crippen LogP contribution in [0, 0.1) is 6.92 Å². The van der Waals surface area contributed by atoms with Gasteiger partial charge in [-0.1, -0.05) is 42.5 Å². The van der Waals surface area contributed by atoms with Gasteiger partial charge in [0, 0.05) is 5.56 Å². The number of benzene rings is 2. The van der Waals surface area contributed by atoms with Gasteiger partial charge >= 0.3 is 5.97 Å². The first-order valence-corrected chi connectivity index (χ1v) is 5.95. The van der Waals surface area contributed by atoms with Gasteiger partial charge in [-0.25, -0.2) is 4.79 Å². The average Bonchev–Trinajstić information content (AvgIpc) is 2.38. The second-order valence-electron chi connectivity index (χ2n) is 4.44. The molecule has 1 N–H and O–H groups in total. The zero-order chi connectivity index (χ0) is 14.0. The molecular weight excluding hydrogens is 240 g/mol. The van der Waals surface area contributed by atoms with Gasteiger partial charge < -0.3 is 5.11 Å². The maximum absolute atomic E-state index is 11.3. The number of hydrogen-bond donors (Lipinski definition) is 1. The van der Waals surface area contributed by atoms with Crippen LogP contribution in [0.1, 0.15) is 33.2 Å². The van der Waals surface area contributed by atoms with E-state index >= 15 is 0 Å². The summed E-state index contributed by atoms with van der Waals surface area (Å²) in [6, 6.07) is 12.4. The van der Waals surface area contributed by atoms with Gasteiger partial charge in [0.25, 0.3) is 0 Å². The molecular formula is C16H14O3. The number of ketones is 1. The van der Waals surface area contributed by atoms with Gasteiger partial charge in [-0.2, -0.15) is 0 Å². The predicted octanol–water partition coefficient (Wildman–Crippen LogP) is 3.56. The topological polar surface area (TPSA) is 54.4 Å². The molecule has 0 saturated heterocycles. The van der Waals surface area contributed by atoms with Crippen molar-refractivity contribution in [3.05, 3.63) is 59.2 Å². The van der Waals surface area contributed by atoms with Crippen LogP contribution in [0.15, 0.2) is 42.5 Å². The van der Waals surface area contributed by atoms with Gasteiger partial charge in [0.05, 0.1) is 5.56 Å². The molecule has 19 heavy (non-hydrogen) atoms. The molecule has 0 aliphatic heterocycles. The highest BCUT2D eigenvalue weighted by atomic mass is 16.4. The Morgan fingerprint density at radius 1 is 1.00 bits per heavy atom. The minimum absolute atomic E-state index is 0.00532. The molecule has 3 nitrogen and oxygen atoms in total. The molecule has 96 valence electrons. The van der Waals surface area contributed by atoms with Gasteiger partial charge in [-0.3, -0.25) is 4.79 Å². The molecule has 0 bridgehead atoms. The van der Waals surface area contributed by atoms with Crippen molar-refractivity contribution >= 4 is 11.8 Å². The number of hydrogen-bond acceptors (Lipinski definition) is 2. The number of carboxylic acid groups (broad SMARTS) is 1. The molecule has 0 fully saturated rings. The van der Waals surface area contributed by atoms with Crippen molar-refractivity contribution in [3.8, 4) is 11.1 Å².